The van der Waals surface area contributed by atoms with Crippen LogP contribution in [0.2, 0.25) is 0 Å². The van der Waals surface area contributed by atoms with Gasteiger partial charge >= 0.3 is 0 Å². The smallest absolute Gasteiger partial charge is 0.274 e. The van der Waals surface area contributed by atoms with Gasteiger partial charge in [0, 0.05) is 20.2 Å². The molecule has 0 aromatic carbocycles. The summed E-state index contributed by atoms with van der Waals surface area (Å²) in [5.74, 6) is 0.116. The van der Waals surface area contributed by atoms with Crippen LogP contribution in [0.3, 0.4) is 0 Å². The molecule has 0 saturated carbocycles. The zero-order valence-corrected chi connectivity index (χ0v) is 10.7. The number of hydrogen-bond acceptors (Lipinski definition) is 5. The molecule has 1 saturated heterocycles. The maximum Gasteiger partial charge on any atom is 0.274 e. The van der Waals surface area contributed by atoms with Crippen LogP contribution in [0.25, 0.3) is 0 Å². The first kappa shape index (κ1) is 12.8. The van der Waals surface area contributed by atoms with E-state index < -0.39 is 0 Å². The van der Waals surface area contributed by atoms with Crippen molar-refractivity contribution >= 4 is 11.7 Å². The van der Waals surface area contributed by atoms with Crippen molar-refractivity contribution in [2.24, 2.45) is 0 Å². The molecule has 2 heterocycles. The monoisotopic (exact) mass is 250 g/mol. The summed E-state index contributed by atoms with van der Waals surface area (Å²) in [6.45, 7) is 3.30. The van der Waals surface area contributed by atoms with E-state index in [4.69, 9.17) is 10.5 Å². The third-order valence-electron chi connectivity index (χ3n) is 3.31. The maximum absolute atomic E-state index is 12.3. The van der Waals surface area contributed by atoms with Gasteiger partial charge in [0.1, 0.15) is 11.5 Å². The number of amides is 1. The Hall–Kier alpha value is -1.69. The van der Waals surface area contributed by atoms with Gasteiger partial charge in [0.25, 0.3) is 5.91 Å². The molecule has 6 heteroatoms. The first-order valence-corrected chi connectivity index (χ1v) is 5.96. The second-order valence-electron chi connectivity index (χ2n) is 4.81. The number of nitrogens with two attached hydrogens (primary N) is 1. The first-order chi connectivity index (χ1) is 8.54. The van der Waals surface area contributed by atoms with E-state index >= 15 is 0 Å². The minimum Gasteiger partial charge on any atom is -0.382 e. The zero-order chi connectivity index (χ0) is 13.2. The van der Waals surface area contributed by atoms with Crippen LogP contribution in [0.4, 0.5) is 5.82 Å². The van der Waals surface area contributed by atoms with Gasteiger partial charge in [-0.25, -0.2) is 4.98 Å². The number of anilines is 1. The molecular formula is C12H18N4O2. The van der Waals surface area contributed by atoms with E-state index in [0.29, 0.717) is 13.1 Å². The maximum atomic E-state index is 12.3. The Morgan fingerprint density at radius 3 is 3.00 bits per heavy atom. The summed E-state index contributed by atoms with van der Waals surface area (Å²) >= 11 is 0. The SMILES string of the molecule is COC1(C)CCCN(C(=O)c2cncc(N)n2)C1. The first-order valence-electron chi connectivity index (χ1n) is 5.96. The third kappa shape index (κ3) is 2.59. The fourth-order valence-corrected chi connectivity index (χ4v) is 2.19. The lowest BCUT2D eigenvalue weighted by Gasteiger charge is -2.39. The van der Waals surface area contributed by atoms with Gasteiger partial charge in [0.05, 0.1) is 18.0 Å². The van der Waals surface area contributed by atoms with Crippen molar-refractivity contribution < 1.29 is 9.53 Å². The number of carbonyl (C=O) groups is 1. The molecule has 1 aromatic rings. The van der Waals surface area contributed by atoms with Crippen molar-refractivity contribution in [3.05, 3.63) is 18.1 Å². The van der Waals surface area contributed by atoms with Crippen LogP contribution in [0.1, 0.15) is 30.3 Å². The van der Waals surface area contributed by atoms with Gasteiger partial charge < -0.3 is 15.4 Å². The zero-order valence-electron chi connectivity index (χ0n) is 10.7. The van der Waals surface area contributed by atoms with Gasteiger partial charge in [-0.3, -0.25) is 9.78 Å². The van der Waals surface area contributed by atoms with E-state index in [9.17, 15) is 4.79 Å². The van der Waals surface area contributed by atoms with E-state index in [1.807, 2.05) is 6.92 Å². The molecule has 1 fully saturated rings. The van der Waals surface area contributed by atoms with Gasteiger partial charge in [-0.2, -0.15) is 0 Å². The second kappa shape index (κ2) is 4.89. The third-order valence-corrected chi connectivity index (χ3v) is 3.31. The molecule has 6 nitrogen and oxygen atoms in total. The number of piperidine rings is 1. The average molecular weight is 250 g/mol. The lowest BCUT2D eigenvalue weighted by atomic mass is 9.94. The second-order valence-corrected chi connectivity index (χ2v) is 4.81. The van der Waals surface area contributed by atoms with Gasteiger partial charge in [-0.15, -0.1) is 0 Å². The topological polar surface area (TPSA) is 81.3 Å². The Bertz CT molecular complexity index is 451. The Labute approximate surface area is 106 Å². The molecule has 1 unspecified atom stereocenters. The Kier molecular flexibility index (Phi) is 3.47. The highest BCUT2D eigenvalue weighted by Gasteiger charge is 2.33. The van der Waals surface area contributed by atoms with Crippen molar-refractivity contribution in [1.82, 2.24) is 14.9 Å². The molecule has 0 radical (unpaired) electrons. The molecule has 2 rings (SSSR count). The van der Waals surface area contributed by atoms with Crippen LogP contribution in [0.5, 0.6) is 0 Å². The molecule has 1 aliphatic heterocycles. The van der Waals surface area contributed by atoms with Gasteiger partial charge in [0.15, 0.2) is 0 Å². The summed E-state index contributed by atoms with van der Waals surface area (Å²) in [4.78, 5) is 21.9. The molecule has 1 aliphatic rings. The highest BCUT2D eigenvalue weighted by molar-refractivity contribution is 5.92. The van der Waals surface area contributed by atoms with E-state index in [0.717, 1.165) is 12.8 Å². The minimum absolute atomic E-state index is 0.141. The Morgan fingerprint density at radius 2 is 2.33 bits per heavy atom. The minimum atomic E-state index is -0.276. The largest absolute Gasteiger partial charge is 0.382 e. The standard InChI is InChI=1S/C12H18N4O2/c1-12(18-2)4-3-5-16(8-12)11(17)9-6-14-7-10(13)15-9/h6-7H,3-5,8H2,1-2H3,(H2,13,15). The summed E-state index contributed by atoms with van der Waals surface area (Å²) in [5.41, 5.74) is 5.55. The molecule has 98 valence electrons. The van der Waals surface area contributed by atoms with Crippen LogP contribution >= 0.6 is 0 Å². The van der Waals surface area contributed by atoms with Crippen LogP contribution in [0.15, 0.2) is 12.4 Å². The van der Waals surface area contributed by atoms with Crippen molar-refractivity contribution in [2.75, 3.05) is 25.9 Å². The molecule has 1 atom stereocenters. The van der Waals surface area contributed by atoms with Crippen molar-refractivity contribution in [3.63, 3.8) is 0 Å². The highest BCUT2D eigenvalue weighted by Crippen LogP contribution is 2.24. The normalized spacial score (nSPS) is 24.0. The van der Waals surface area contributed by atoms with Crippen LogP contribution < -0.4 is 5.73 Å². The fourth-order valence-electron chi connectivity index (χ4n) is 2.19. The van der Waals surface area contributed by atoms with E-state index in [2.05, 4.69) is 9.97 Å². The predicted octanol–water partition coefficient (Wildman–Crippen LogP) is 0.700. The molecule has 0 spiro atoms. The van der Waals surface area contributed by atoms with Crippen LogP contribution in [-0.4, -0.2) is 46.6 Å². The summed E-state index contributed by atoms with van der Waals surface area (Å²) < 4.78 is 5.46. The van der Waals surface area contributed by atoms with E-state index in [-0.39, 0.29) is 23.0 Å². The summed E-state index contributed by atoms with van der Waals surface area (Å²) in [6.07, 6.45) is 4.74. The molecule has 0 aliphatic carbocycles. The van der Waals surface area contributed by atoms with Crippen LogP contribution in [0, 0.1) is 0 Å². The number of hydrogen-bond donors (Lipinski definition) is 1. The molecule has 1 amide bonds. The Morgan fingerprint density at radius 1 is 1.56 bits per heavy atom. The van der Waals surface area contributed by atoms with Gasteiger partial charge in [-0.1, -0.05) is 0 Å². The number of methoxy groups -OCH3 is 1. The molecule has 1 aromatic heterocycles. The molecular weight excluding hydrogens is 232 g/mol. The van der Waals surface area contributed by atoms with E-state index in [1.165, 1.54) is 12.4 Å². The predicted molar refractivity (Wildman–Crippen MR) is 67.0 cm³/mol. The van der Waals surface area contributed by atoms with Crippen molar-refractivity contribution in [2.45, 2.75) is 25.4 Å². The lowest BCUT2D eigenvalue weighted by Crippen LogP contribution is -2.49. The van der Waals surface area contributed by atoms with E-state index in [1.54, 1.807) is 12.0 Å². The Balaban J connectivity index is 2.14. The average Bonchev–Trinajstić information content (AvgIpc) is 2.38. The summed E-state index contributed by atoms with van der Waals surface area (Å²) in [6, 6.07) is 0. The summed E-state index contributed by atoms with van der Waals surface area (Å²) in [5, 5.41) is 0. The molecule has 18 heavy (non-hydrogen) atoms. The quantitative estimate of drug-likeness (QED) is 0.835. The van der Waals surface area contributed by atoms with Crippen molar-refractivity contribution in [1.29, 1.82) is 0 Å². The highest BCUT2D eigenvalue weighted by atomic mass is 16.5. The van der Waals surface area contributed by atoms with Gasteiger partial charge in [0.2, 0.25) is 0 Å². The molecule has 0 bridgehead atoms. The van der Waals surface area contributed by atoms with Gasteiger partial charge in [-0.05, 0) is 19.8 Å². The fraction of sp³-hybridized carbons (Fsp3) is 0.583. The van der Waals surface area contributed by atoms with Crippen LogP contribution in [-0.2, 0) is 4.74 Å². The number of carbonyl (C=O) groups excluding carboxylic acids is 1. The molecule has 2 N–H and O–H groups in total. The number of rotatable bonds is 2. The number of nitrogen functional groups attached to an aromatic ring is 1. The number of aromatic nitrogens is 2. The number of nitrogens with zero attached hydrogens (tertiary/aromatic N) is 3. The number of likely N-dealkylation sites (tertiary alicyclic amines) is 1. The lowest BCUT2D eigenvalue weighted by molar-refractivity contribution is -0.0441. The summed E-state index contributed by atoms with van der Waals surface area (Å²) in [7, 11) is 1.67. The van der Waals surface area contributed by atoms with Crippen molar-refractivity contribution in [3.8, 4) is 0 Å². The number of ether oxygens (including phenoxy) is 1.